The maximum Gasteiger partial charge on any atom is 0.185 e. The lowest BCUT2D eigenvalue weighted by atomic mass is 10.0. The Morgan fingerprint density at radius 1 is 1.03 bits per heavy atom. The van der Waals surface area contributed by atoms with Gasteiger partial charge in [-0.2, -0.15) is 0 Å². The first-order chi connectivity index (χ1) is 16.4. The third-order valence-electron chi connectivity index (χ3n) is 5.63. The molecule has 0 saturated heterocycles. The molecule has 0 aliphatic carbocycles. The number of ether oxygens (including phenoxy) is 1. The van der Waals surface area contributed by atoms with E-state index in [1.54, 1.807) is 48.0 Å². The summed E-state index contributed by atoms with van der Waals surface area (Å²) in [5.74, 6) is -1.76. The molecule has 0 N–H and O–H groups in total. The van der Waals surface area contributed by atoms with Crippen molar-refractivity contribution in [3.63, 3.8) is 0 Å². The maximum atomic E-state index is 14.0. The molecule has 0 unspecified atom stereocenters. The molecule has 0 bridgehead atoms. The molecule has 3 aromatic heterocycles. The summed E-state index contributed by atoms with van der Waals surface area (Å²) in [5.41, 5.74) is 2.22. The Hall–Kier alpha value is -4.20. The number of benzene rings is 2. The molecule has 5 nitrogen and oxygen atoms in total. The fourth-order valence-corrected chi connectivity index (χ4v) is 4.01. The molecular formula is C26H18F3N3O2. The predicted octanol–water partition coefficient (Wildman–Crippen LogP) is 5.61. The van der Waals surface area contributed by atoms with Gasteiger partial charge in [0.15, 0.2) is 17.2 Å². The maximum absolute atomic E-state index is 14.0. The fraction of sp³-hybridized carbons (Fsp3) is 0.115. The van der Waals surface area contributed by atoms with Crippen molar-refractivity contribution in [2.75, 3.05) is 0 Å². The quantitative estimate of drug-likeness (QED) is 0.308. The number of nitrogens with zero attached hydrogens (tertiary/aromatic N) is 3. The van der Waals surface area contributed by atoms with Crippen LogP contribution in [0.3, 0.4) is 0 Å². The van der Waals surface area contributed by atoms with Gasteiger partial charge in [0.05, 0.1) is 16.8 Å². The second-order valence-electron chi connectivity index (χ2n) is 7.83. The van der Waals surface area contributed by atoms with Crippen LogP contribution in [-0.4, -0.2) is 20.2 Å². The molecule has 8 heteroatoms. The molecule has 5 aromatic rings. The van der Waals surface area contributed by atoms with Crippen LogP contribution in [0.1, 0.15) is 27.3 Å². The van der Waals surface area contributed by atoms with Gasteiger partial charge in [0.25, 0.3) is 0 Å². The van der Waals surface area contributed by atoms with Crippen LogP contribution in [0, 0.1) is 24.4 Å². The second-order valence-corrected chi connectivity index (χ2v) is 7.83. The molecule has 2 aromatic carbocycles. The Balaban J connectivity index is 1.48. The van der Waals surface area contributed by atoms with Crippen molar-refractivity contribution >= 4 is 22.3 Å². The lowest BCUT2D eigenvalue weighted by molar-refractivity contribution is 0.0987. The summed E-state index contributed by atoms with van der Waals surface area (Å²) in [4.78, 5) is 22.0. The van der Waals surface area contributed by atoms with Crippen molar-refractivity contribution in [2.45, 2.75) is 20.0 Å². The highest BCUT2D eigenvalue weighted by atomic mass is 19.1. The smallest absolute Gasteiger partial charge is 0.185 e. The number of fused-ring (bicyclic) bond motifs is 2. The van der Waals surface area contributed by atoms with E-state index in [9.17, 15) is 18.0 Å². The van der Waals surface area contributed by atoms with Crippen molar-refractivity contribution in [3.8, 4) is 5.75 Å². The second kappa shape index (κ2) is 8.62. The molecular weight excluding hydrogens is 443 g/mol. The van der Waals surface area contributed by atoms with Crippen LogP contribution in [0.5, 0.6) is 5.75 Å². The summed E-state index contributed by atoms with van der Waals surface area (Å²) in [6.07, 6.45) is 3.27. The van der Waals surface area contributed by atoms with E-state index in [4.69, 9.17) is 4.74 Å². The van der Waals surface area contributed by atoms with Gasteiger partial charge in [0, 0.05) is 24.2 Å². The van der Waals surface area contributed by atoms with E-state index >= 15 is 0 Å². The van der Waals surface area contributed by atoms with Crippen molar-refractivity contribution in [3.05, 3.63) is 107 Å². The third kappa shape index (κ3) is 3.87. The van der Waals surface area contributed by atoms with Crippen LogP contribution in [0.15, 0.2) is 67.0 Å². The van der Waals surface area contributed by atoms with E-state index in [0.29, 0.717) is 33.5 Å². The van der Waals surface area contributed by atoms with Gasteiger partial charge >= 0.3 is 0 Å². The van der Waals surface area contributed by atoms with Gasteiger partial charge in [0.1, 0.15) is 29.8 Å². The molecule has 3 heterocycles. The standard InChI is InChI=1S/C26H18F3N3O2/c1-15-25(23(33)12-16-9-10-30-22-8-7-17(27)13-18(16)22)32-11-3-6-24(26(32)31-15)34-14-19-20(28)4-2-5-21(19)29/h2-11,13H,12,14H2,1H3. The fourth-order valence-electron chi connectivity index (χ4n) is 4.01. The van der Waals surface area contributed by atoms with E-state index in [1.165, 1.54) is 18.2 Å². The van der Waals surface area contributed by atoms with Crippen molar-refractivity contribution in [2.24, 2.45) is 0 Å². The van der Waals surface area contributed by atoms with Crippen LogP contribution >= 0.6 is 0 Å². The molecule has 0 saturated carbocycles. The number of hydrogen-bond donors (Lipinski definition) is 0. The van der Waals surface area contributed by atoms with Gasteiger partial charge in [-0.3, -0.25) is 14.2 Å². The highest BCUT2D eigenvalue weighted by Crippen LogP contribution is 2.26. The molecule has 170 valence electrons. The number of halogens is 3. The molecule has 0 atom stereocenters. The Morgan fingerprint density at radius 3 is 2.62 bits per heavy atom. The summed E-state index contributed by atoms with van der Waals surface area (Å²) < 4.78 is 49.0. The first-order valence-electron chi connectivity index (χ1n) is 10.5. The molecule has 0 spiro atoms. The summed E-state index contributed by atoms with van der Waals surface area (Å²) in [6, 6.07) is 12.8. The van der Waals surface area contributed by atoms with Crippen LogP contribution in [0.2, 0.25) is 0 Å². The zero-order valence-electron chi connectivity index (χ0n) is 18.1. The summed E-state index contributed by atoms with van der Waals surface area (Å²) in [7, 11) is 0. The van der Waals surface area contributed by atoms with Gasteiger partial charge in [0.2, 0.25) is 0 Å². The SMILES string of the molecule is Cc1nc2c(OCc3c(F)cccc3F)cccn2c1C(=O)Cc1ccnc2ccc(F)cc12. The Bertz CT molecular complexity index is 1540. The number of rotatable bonds is 6. The predicted molar refractivity (Wildman–Crippen MR) is 120 cm³/mol. The number of carbonyl (C=O) groups excluding carboxylic acids is 1. The van der Waals surface area contributed by atoms with E-state index in [1.807, 2.05) is 0 Å². The van der Waals surface area contributed by atoms with Gasteiger partial charge in [-0.1, -0.05) is 6.07 Å². The topological polar surface area (TPSA) is 56.5 Å². The number of imidazole rings is 1. The zero-order chi connectivity index (χ0) is 23.8. The molecule has 5 rings (SSSR count). The molecule has 0 amide bonds. The molecule has 0 aliphatic heterocycles. The molecule has 0 radical (unpaired) electrons. The largest absolute Gasteiger partial charge is 0.485 e. The summed E-state index contributed by atoms with van der Waals surface area (Å²) >= 11 is 0. The Kier molecular flexibility index (Phi) is 5.49. The van der Waals surface area contributed by atoms with Gasteiger partial charge in [-0.05, 0) is 61.0 Å². The normalized spacial score (nSPS) is 11.3. The first-order valence-corrected chi connectivity index (χ1v) is 10.5. The lowest BCUT2D eigenvalue weighted by Crippen LogP contribution is -2.09. The van der Waals surface area contributed by atoms with E-state index in [0.717, 1.165) is 12.1 Å². The zero-order valence-corrected chi connectivity index (χ0v) is 18.1. The van der Waals surface area contributed by atoms with Crippen LogP contribution in [0.25, 0.3) is 16.6 Å². The first kappa shape index (κ1) is 21.6. The number of ketones is 1. The summed E-state index contributed by atoms with van der Waals surface area (Å²) in [6.45, 7) is 1.37. The van der Waals surface area contributed by atoms with Crippen molar-refractivity contribution in [1.82, 2.24) is 14.4 Å². The number of aryl methyl sites for hydroxylation is 1. The number of aromatic nitrogens is 3. The lowest BCUT2D eigenvalue weighted by Gasteiger charge is -2.10. The van der Waals surface area contributed by atoms with Crippen LogP contribution in [0.4, 0.5) is 13.2 Å². The average molecular weight is 461 g/mol. The number of Topliss-reactive ketones (excluding diaryl/α,β-unsaturated/α-hetero) is 1. The van der Waals surface area contributed by atoms with Gasteiger partial charge in [-0.15, -0.1) is 0 Å². The van der Waals surface area contributed by atoms with Crippen LogP contribution in [-0.2, 0) is 13.0 Å². The monoisotopic (exact) mass is 461 g/mol. The van der Waals surface area contributed by atoms with E-state index in [-0.39, 0.29) is 30.1 Å². The number of pyridine rings is 2. The van der Waals surface area contributed by atoms with E-state index < -0.39 is 17.5 Å². The minimum absolute atomic E-state index is 0.0165. The van der Waals surface area contributed by atoms with Crippen molar-refractivity contribution in [1.29, 1.82) is 0 Å². The summed E-state index contributed by atoms with van der Waals surface area (Å²) in [5, 5.41) is 0.568. The minimum atomic E-state index is -0.705. The molecule has 0 fully saturated rings. The van der Waals surface area contributed by atoms with Gasteiger partial charge < -0.3 is 4.74 Å². The Labute approximate surface area is 192 Å². The van der Waals surface area contributed by atoms with Crippen molar-refractivity contribution < 1.29 is 22.7 Å². The minimum Gasteiger partial charge on any atom is -0.485 e. The Morgan fingerprint density at radius 2 is 1.82 bits per heavy atom. The molecule has 0 aliphatic rings. The third-order valence-corrected chi connectivity index (χ3v) is 5.63. The van der Waals surface area contributed by atoms with E-state index in [2.05, 4.69) is 9.97 Å². The average Bonchev–Trinajstić information content (AvgIpc) is 3.15. The highest BCUT2D eigenvalue weighted by Gasteiger charge is 2.20. The highest BCUT2D eigenvalue weighted by molar-refractivity contribution is 6.00. The van der Waals surface area contributed by atoms with Gasteiger partial charge in [-0.25, -0.2) is 18.2 Å². The number of carbonyl (C=O) groups is 1. The molecule has 34 heavy (non-hydrogen) atoms. The van der Waals surface area contributed by atoms with Crippen LogP contribution < -0.4 is 4.74 Å². The number of hydrogen-bond acceptors (Lipinski definition) is 4.